The van der Waals surface area contributed by atoms with Gasteiger partial charge in [0, 0.05) is 0 Å². The molecule has 0 aromatic carbocycles. The standard InChI is InChI=1S/C10H23OSi/c1-9(2,3)7-12(11)8-10(4,5)6/h12H,7-8H2,1-6H3. The summed E-state index contributed by atoms with van der Waals surface area (Å²) in [5.41, 5.74) is 0.480. The van der Waals surface area contributed by atoms with Gasteiger partial charge in [0.05, 0.1) is 0 Å². The van der Waals surface area contributed by atoms with E-state index in [2.05, 4.69) is 41.5 Å². The highest BCUT2D eigenvalue weighted by molar-refractivity contribution is 6.50. The monoisotopic (exact) mass is 187 g/mol. The second-order valence-electron chi connectivity index (χ2n) is 6.15. The molecule has 0 saturated heterocycles. The summed E-state index contributed by atoms with van der Waals surface area (Å²) in [5.74, 6) is 0. The summed E-state index contributed by atoms with van der Waals surface area (Å²) < 4.78 is 0. The summed E-state index contributed by atoms with van der Waals surface area (Å²) in [4.78, 5) is 11.7. The van der Waals surface area contributed by atoms with Crippen molar-refractivity contribution < 1.29 is 4.80 Å². The maximum Gasteiger partial charge on any atom is 0.223 e. The average molecular weight is 187 g/mol. The van der Waals surface area contributed by atoms with Gasteiger partial charge in [0.15, 0.2) is 0 Å². The summed E-state index contributed by atoms with van der Waals surface area (Å²) in [7, 11) is -1.70. The van der Waals surface area contributed by atoms with Crippen LogP contribution in [0.2, 0.25) is 12.1 Å². The topological polar surface area (TPSA) is 19.9 Å². The summed E-state index contributed by atoms with van der Waals surface area (Å²) in [6.45, 7) is 13.0. The lowest BCUT2D eigenvalue weighted by Gasteiger charge is -2.25. The summed E-state index contributed by atoms with van der Waals surface area (Å²) in [6, 6.07) is 1.84. The molecule has 0 aliphatic rings. The van der Waals surface area contributed by atoms with Crippen LogP contribution in [-0.4, -0.2) is 9.04 Å². The molecular weight excluding hydrogens is 164 g/mol. The Morgan fingerprint density at radius 2 is 1.08 bits per heavy atom. The van der Waals surface area contributed by atoms with Crippen LogP contribution >= 0.6 is 0 Å². The van der Waals surface area contributed by atoms with Crippen molar-refractivity contribution in [2.45, 2.75) is 53.6 Å². The molecule has 12 heavy (non-hydrogen) atoms. The third kappa shape index (κ3) is 8.28. The van der Waals surface area contributed by atoms with Gasteiger partial charge in [-0.15, -0.1) is 0 Å². The van der Waals surface area contributed by atoms with E-state index in [9.17, 15) is 4.80 Å². The number of hydrogen-bond acceptors (Lipinski definition) is 0. The summed E-state index contributed by atoms with van der Waals surface area (Å²) in [6.07, 6.45) is 0. The molecule has 0 saturated carbocycles. The van der Waals surface area contributed by atoms with Crippen molar-refractivity contribution in [3.8, 4) is 0 Å². The first-order valence-electron chi connectivity index (χ1n) is 4.76. The van der Waals surface area contributed by atoms with E-state index in [1.165, 1.54) is 0 Å². The van der Waals surface area contributed by atoms with Crippen LogP contribution in [0.5, 0.6) is 0 Å². The van der Waals surface area contributed by atoms with Gasteiger partial charge in [-0.2, -0.15) is 0 Å². The molecule has 0 spiro atoms. The Morgan fingerprint density at radius 1 is 0.833 bits per heavy atom. The molecule has 2 heteroatoms. The van der Waals surface area contributed by atoms with Crippen LogP contribution in [-0.2, 0) is 4.80 Å². The molecule has 0 aromatic heterocycles. The van der Waals surface area contributed by atoms with Gasteiger partial charge in [0.2, 0.25) is 9.04 Å². The fraction of sp³-hybridized carbons (Fsp3) is 1.00. The predicted octanol–water partition coefficient (Wildman–Crippen LogP) is 3.23. The van der Waals surface area contributed by atoms with Gasteiger partial charge in [0.1, 0.15) is 0 Å². The average Bonchev–Trinajstić information content (AvgIpc) is 1.49. The fourth-order valence-corrected chi connectivity index (χ4v) is 4.31. The van der Waals surface area contributed by atoms with E-state index in [1.54, 1.807) is 0 Å². The SMILES string of the molecule is CC(C)(C)C[SiH]([O])CC(C)(C)C. The van der Waals surface area contributed by atoms with Crippen LogP contribution in [0.15, 0.2) is 0 Å². The van der Waals surface area contributed by atoms with E-state index >= 15 is 0 Å². The molecule has 0 heterocycles. The lowest BCUT2D eigenvalue weighted by molar-refractivity contribution is 0.361. The quantitative estimate of drug-likeness (QED) is 0.592. The Kier molecular flexibility index (Phi) is 3.98. The Balaban J connectivity index is 3.83. The van der Waals surface area contributed by atoms with Gasteiger partial charge < -0.3 is 4.80 Å². The Bertz CT molecular complexity index is 114. The third-order valence-corrected chi connectivity index (χ3v) is 5.04. The Labute approximate surface area is 78.9 Å². The molecule has 0 rings (SSSR count). The molecule has 0 bridgehead atoms. The summed E-state index contributed by atoms with van der Waals surface area (Å²) in [5, 5.41) is 0. The van der Waals surface area contributed by atoms with E-state index < -0.39 is 9.04 Å². The van der Waals surface area contributed by atoms with E-state index in [0.29, 0.717) is 0 Å². The van der Waals surface area contributed by atoms with Crippen molar-refractivity contribution in [2.24, 2.45) is 10.8 Å². The lowest BCUT2D eigenvalue weighted by Crippen LogP contribution is -2.24. The minimum Gasteiger partial charge on any atom is -0.302 e. The Hall–Kier alpha value is 0.177. The minimum absolute atomic E-state index is 0.240. The molecule has 73 valence electrons. The summed E-state index contributed by atoms with van der Waals surface area (Å²) >= 11 is 0. The molecule has 1 nitrogen and oxygen atoms in total. The largest absolute Gasteiger partial charge is 0.302 e. The molecule has 0 fully saturated rings. The van der Waals surface area contributed by atoms with Crippen LogP contribution < -0.4 is 0 Å². The minimum atomic E-state index is -1.70. The van der Waals surface area contributed by atoms with E-state index in [0.717, 1.165) is 12.1 Å². The molecule has 1 radical (unpaired) electrons. The highest BCUT2D eigenvalue weighted by Crippen LogP contribution is 2.28. The first-order chi connectivity index (χ1) is 5.10. The van der Waals surface area contributed by atoms with Gasteiger partial charge in [0.25, 0.3) is 0 Å². The third-order valence-electron chi connectivity index (χ3n) is 1.68. The van der Waals surface area contributed by atoms with Crippen LogP contribution in [0.1, 0.15) is 41.5 Å². The number of rotatable bonds is 2. The van der Waals surface area contributed by atoms with Crippen molar-refractivity contribution in [3.05, 3.63) is 0 Å². The predicted molar refractivity (Wildman–Crippen MR) is 56.4 cm³/mol. The molecule has 0 unspecified atom stereocenters. The van der Waals surface area contributed by atoms with E-state index in [1.807, 2.05) is 0 Å². The first kappa shape index (κ1) is 12.2. The zero-order valence-corrected chi connectivity index (χ0v) is 10.6. The van der Waals surface area contributed by atoms with Gasteiger partial charge in [-0.1, -0.05) is 41.5 Å². The van der Waals surface area contributed by atoms with Crippen LogP contribution in [0, 0.1) is 10.8 Å². The zero-order valence-electron chi connectivity index (χ0n) is 9.40. The normalized spacial score (nSPS) is 14.0. The van der Waals surface area contributed by atoms with Gasteiger partial charge in [-0.25, -0.2) is 0 Å². The molecule has 0 aliphatic heterocycles. The van der Waals surface area contributed by atoms with Crippen molar-refractivity contribution in [1.82, 2.24) is 0 Å². The molecule has 0 aliphatic carbocycles. The van der Waals surface area contributed by atoms with Crippen LogP contribution in [0.25, 0.3) is 0 Å². The molecule has 0 atom stereocenters. The molecule has 0 N–H and O–H groups in total. The highest BCUT2D eigenvalue weighted by atomic mass is 28.3. The van der Waals surface area contributed by atoms with Crippen molar-refractivity contribution in [3.63, 3.8) is 0 Å². The maximum absolute atomic E-state index is 11.7. The van der Waals surface area contributed by atoms with Crippen LogP contribution in [0.4, 0.5) is 0 Å². The smallest absolute Gasteiger partial charge is 0.223 e. The Morgan fingerprint density at radius 3 is 1.25 bits per heavy atom. The van der Waals surface area contributed by atoms with Crippen molar-refractivity contribution in [1.29, 1.82) is 0 Å². The van der Waals surface area contributed by atoms with Crippen LogP contribution in [0.3, 0.4) is 0 Å². The number of hydrogen-bond donors (Lipinski definition) is 0. The van der Waals surface area contributed by atoms with Gasteiger partial charge in [-0.05, 0) is 22.9 Å². The van der Waals surface area contributed by atoms with Crippen molar-refractivity contribution >= 4 is 9.04 Å². The van der Waals surface area contributed by atoms with E-state index in [4.69, 9.17) is 0 Å². The maximum atomic E-state index is 11.7. The molecular formula is C10H23OSi. The van der Waals surface area contributed by atoms with Gasteiger partial charge in [-0.3, -0.25) is 0 Å². The fourth-order valence-electron chi connectivity index (χ4n) is 1.44. The second-order valence-corrected chi connectivity index (χ2v) is 8.21. The van der Waals surface area contributed by atoms with Gasteiger partial charge >= 0.3 is 0 Å². The van der Waals surface area contributed by atoms with E-state index in [-0.39, 0.29) is 10.8 Å². The molecule has 0 amide bonds. The second kappa shape index (κ2) is 3.92. The molecule has 0 aromatic rings. The lowest BCUT2D eigenvalue weighted by atomic mass is 10.00. The first-order valence-corrected chi connectivity index (χ1v) is 6.86. The zero-order chi connectivity index (χ0) is 9.99. The van der Waals surface area contributed by atoms with Crippen molar-refractivity contribution in [2.75, 3.05) is 0 Å². The highest BCUT2D eigenvalue weighted by Gasteiger charge is 2.24.